The molecule has 0 fully saturated rings. The lowest BCUT2D eigenvalue weighted by atomic mass is 9.91. The molecule has 0 spiro atoms. The van der Waals surface area contributed by atoms with Crippen molar-refractivity contribution in [3.05, 3.63) is 82.4 Å². The van der Waals surface area contributed by atoms with E-state index in [1.54, 1.807) is 0 Å². The number of aromatic nitrogens is 2. The second-order valence-corrected chi connectivity index (χ2v) is 8.53. The molecule has 0 saturated carbocycles. The highest BCUT2D eigenvalue weighted by Gasteiger charge is 2.23. The highest BCUT2D eigenvalue weighted by Crippen LogP contribution is 2.37. The number of nitrogen functional groups attached to an aromatic ring is 1. The van der Waals surface area contributed by atoms with E-state index < -0.39 is 11.6 Å². The molecule has 3 N–H and O–H groups in total. The van der Waals surface area contributed by atoms with Crippen LogP contribution in [0, 0.1) is 11.6 Å². The van der Waals surface area contributed by atoms with Crippen LogP contribution in [0.25, 0.3) is 21.8 Å². The quantitative estimate of drug-likeness (QED) is 0.430. The van der Waals surface area contributed by atoms with Gasteiger partial charge in [-0.05, 0) is 59.7 Å². The Balaban J connectivity index is 1.51. The van der Waals surface area contributed by atoms with Crippen molar-refractivity contribution < 1.29 is 13.6 Å². The van der Waals surface area contributed by atoms with Crippen molar-refractivity contribution in [1.82, 2.24) is 9.97 Å². The number of rotatable bonds is 4. The number of aryl methyl sites for hydroxylation is 2. The Hall–Kier alpha value is -3.65. The van der Waals surface area contributed by atoms with Crippen LogP contribution in [0.5, 0.6) is 0 Å². The summed E-state index contributed by atoms with van der Waals surface area (Å²) in [4.78, 5) is 23.2. The van der Waals surface area contributed by atoms with Crippen molar-refractivity contribution in [2.45, 2.75) is 19.3 Å². The van der Waals surface area contributed by atoms with Crippen molar-refractivity contribution in [3.8, 4) is 21.8 Å². The van der Waals surface area contributed by atoms with E-state index in [1.807, 2.05) is 35.7 Å². The number of nitrogens with zero attached hydrogens (tertiary/aromatic N) is 2. The number of nitrogens with two attached hydrogens (primary N) is 1. The fourth-order valence-corrected chi connectivity index (χ4v) is 4.56. The lowest BCUT2D eigenvalue weighted by Gasteiger charge is -2.21. The summed E-state index contributed by atoms with van der Waals surface area (Å²) in [5.41, 5.74) is 11.3. The van der Waals surface area contributed by atoms with Gasteiger partial charge in [-0.1, -0.05) is 18.2 Å². The summed E-state index contributed by atoms with van der Waals surface area (Å²) < 4.78 is 26.7. The molecule has 0 aliphatic heterocycles. The van der Waals surface area contributed by atoms with Crippen LogP contribution in [-0.4, -0.2) is 15.9 Å². The van der Waals surface area contributed by atoms with E-state index >= 15 is 0 Å². The Morgan fingerprint density at radius 3 is 2.69 bits per heavy atom. The van der Waals surface area contributed by atoms with E-state index in [1.165, 1.54) is 17.4 Å². The van der Waals surface area contributed by atoms with Crippen molar-refractivity contribution in [1.29, 1.82) is 0 Å². The zero-order valence-electron chi connectivity index (χ0n) is 16.9. The third-order valence-electron chi connectivity index (χ3n) is 5.34. The van der Waals surface area contributed by atoms with Gasteiger partial charge >= 0.3 is 0 Å². The van der Waals surface area contributed by atoms with Gasteiger partial charge in [0.1, 0.15) is 5.69 Å². The fraction of sp³-hybridized carbons (Fsp3) is 0.125. The van der Waals surface area contributed by atoms with Crippen molar-refractivity contribution in [3.63, 3.8) is 0 Å². The summed E-state index contributed by atoms with van der Waals surface area (Å²) in [6, 6.07) is 13.0. The first-order valence-electron chi connectivity index (χ1n) is 10.1. The molecule has 160 valence electrons. The molecule has 5 nitrogen and oxygen atoms in total. The topological polar surface area (TPSA) is 80.9 Å². The monoisotopic (exact) mass is 448 g/mol. The number of halogens is 2. The summed E-state index contributed by atoms with van der Waals surface area (Å²) >= 11 is 1.49. The van der Waals surface area contributed by atoms with Gasteiger partial charge in [0.25, 0.3) is 0 Å². The minimum Gasteiger partial charge on any atom is -0.399 e. The number of benzene rings is 2. The van der Waals surface area contributed by atoms with Crippen LogP contribution in [-0.2, 0) is 24.1 Å². The van der Waals surface area contributed by atoms with Crippen LogP contribution >= 0.6 is 11.3 Å². The maximum atomic E-state index is 13.5. The van der Waals surface area contributed by atoms with Crippen LogP contribution in [0.3, 0.4) is 0 Å². The van der Waals surface area contributed by atoms with Gasteiger partial charge in [-0.2, -0.15) is 0 Å². The molecular formula is C24H18F2N4OS. The third kappa shape index (κ3) is 3.85. The van der Waals surface area contributed by atoms with Gasteiger partial charge in [0.2, 0.25) is 5.91 Å². The Morgan fingerprint density at radius 1 is 1.03 bits per heavy atom. The average molecular weight is 448 g/mol. The molecule has 2 aromatic heterocycles. The standard InChI is InChI=1S/C24H18F2N4OS/c25-17-7-3-13(10-18(17)26)11-21(31)29-24-23(20-2-1-9-32-20)30-22-16-6-5-15(27)12-14(16)4-8-19(22)28-24/h1-3,5-7,9-10,12H,4,8,11,27H2,(H,28,29,31). The Morgan fingerprint density at radius 2 is 1.91 bits per heavy atom. The van der Waals surface area contributed by atoms with Gasteiger partial charge < -0.3 is 11.1 Å². The summed E-state index contributed by atoms with van der Waals surface area (Å²) in [5, 5.41) is 4.75. The predicted octanol–water partition coefficient (Wildman–Crippen LogP) is 5.01. The first-order chi connectivity index (χ1) is 15.5. The Kier molecular flexibility index (Phi) is 5.14. The van der Waals surface area contributed by atoms with Crippen LogP contribution in [0.1, 0.15) is 16.8 Å². The van der Waals surface area contributed by atoms with E-state index in [4.69, 9.17) is 15.7 Å². The van der Waals surface area contributed by atoms with Crippen LogP contribution in [0.4, 0.5) is 20.3 Å². The lowest BCUT2D eigenvalue weighted by molar-refractivity contribution is -0.115. The highest BCUT2D eigenvalue weighted by molar-refractivity contribution is 7.13. The third-order valence-corrected chi connectivity index (χ3v) is 6.22. The van der Waals surface area contributed by atoms with E-state index in [0.717, 1.165) is 45.9 Å². The zero-order valence-corrected chi connectivity index (χ0v) is 17.7. The predicted molar refractivity (Wildman–Crippen MR) is 121 cm³/mol. The van der Waals surface area contributed by atoms with E-state index in [9.17, 15) is 13.6 Å². The molecule has 5 rings (SSSR count). The van der Waals surface area contributed by atoms with Crippen molar-refractivity contribution >= 4 is 28.7 Å². The van der Waals surface area contributed by atoms with Gasteiger partial charge in [-0.25, -0.2) is 18.7 Å². The number of amides is 1. The number of anilines is 2. The molecule has 1 aliphatic carbocycles. The minimum absolute atomic E-state index is 0.109. The molecule has 2 aromatic carbocycles. The maximum absolute atomic E-state index is 13.5. The highest BCUT2D eigenvalue weighted by atomic mass is 32.1. The van der Waals surface area contributed by atoms with Crippen LogP contribution < -0.4 is 11.1 Å². The number of carbonyl (C=O) groups is 1. The molecule has 32 heavy (non-hydrogen) atoms. The molecule has 0 unspecified atom stereocenters. The molecule has 0 bridgehead atoms. The fourth-order valence-electron chi connectivity index (χ4n) is 3.85. The minimum atomic E-state index is -0.984. The molecule has 8 heteroatoms. The molecule has 4 aromatic rings. The molecule has 1 aliphatic rings. The van der Waals surface area contributed by atoms with Gasteiger partial charge in [0, 0.05) is 11.3 Å². The molecule has 1 amide bonds. The summed E-state index contributed by atoms with van der Waals surface area (Å²) in [7, 11) is 0. The maximum Gasteiger partial charge on any atom is 0.230 e. The van der Waals surface area contributed by atoms with Crippen molar-refractivity contribution in [2.75, 3.05) is 11.1 Å². The molecule has 0 radical (unpaired) electrons. The second kappa shape index (κ2) is 8.12. The Labute approximate surface area is 187 Å². The van der Waals surface area contributed by atoms with Gasteiger partial charge in [0.15, 0.2) is 17.5 Å². The number of fused-ring (bicyclic) bond motifs is 3. The van der Waals surface area contributed by atoms with E-state index in [2.05, 4.69) is 5.32 Å². The van der Waals surface area contributed by atoms with E-state index in [-0.39, 0.29) is 12.3 Å². The zero-order chi connectivity index (χ0) is 22.2. The van der Waals surface area contributed by atoms with Crippen LogP contribution in [0.15, 0.2) is 53.9 Å². The molecule has 0 saturated heterocycles. The number of nitrogens with one attached hydrogen (secondary N) is 1. The summed E-state index contributed by atoms with van der Waals surface area (Å²) in [6.45, 7) is 0. The first-order valence-corrected chi connectivity index (χ1v) is 10.9. The number of hydrogen-bond acceptors (Lipinski definition) is 5. The normalized spacial score (nSPS) is 12.2. The smallest absolute Gasteiger partial charge is 0.230 e. The number of thiophene rings is 1. The summed E-state index contributed by atoms with van der Waals surface area (Å²) in [5.74, 6) is -1.95. The molecule has 0 atom stereocenters. The number of carbonyl (C=O) groups excluding carboxylic acids is 1. The first kappa shape index (κ1) is 20.3. The second-order valence-electron chi connectivity index (χ2n) is 7.58. The largest absolute Gasteiger partial charge is 0.399 e. The van der Waals surface area contributed by atoms with E-state index in [0.29, 0.717) is 29.2 Å². The summed E-state index contributed by atoms with van der Waals surface area (Å²) in [6.07, 6.45) is 1.35. The molecular weight excluding hydrogens is 430 g/mol. The Bertz CT molecular complexity index is 1340. The van der Waals surface area contributed by atoms with Crippen LogP contribution in [0.2, 0.25) is 0 Å². The number of hydrogen-bond donors (Lipinski definition) is 2. The van der Waals surface area contributed by atoms with Gasteiger partial charge in [0.05, 0.1) is 22.7 Å². The van der Waals surface area contributed by atoms with Gasteiger partial charge in [-0.15, -0.1) is 11.3 Å². The van der Waals surface area contributed by atoms with Crippen molar-refractivity contribution in [2.24, 2.45) is 0 Å². The van der Waals surface area contributed by atoms with Gasteiger partial charge in [-0.3, -0.25) is 4.79 Å². The molecule has 2 heterocycles. The lowest BCUT2D eigenvalue weighted by Crippen LogP contribution is -2.19. The SMILES string of the molecule is Nc1ccc2c(c1)CCc1nc(NC(=O)Cc3ccc(F)c(F)c3)c(-c3cccs3)nc1-2. The average Bonchev–Trinajstić information content (AvgIpc) is 3.30.